The SMILES string of the molecule is NCc1ccncc1OCCN1CCOCC1. The predicted molar refractivity (Wildman–Crippen MR) is 64.9 cm³/mol. The topological polar surface area (TPSA) is 60.6 Å². The molecule has 5 heteroatoms. The molecule has 0 unspecified atom stereocenters. The van der Waals surface area contributed by atoms with Crippen LogP contribution in [0.1, 0.15) is 5.56 Å². The highest BCUT2D eigenvalue weighted by atomic mass is 16.5. The summed E-state index contributed by atoms with van der Waals surface area (Å²) in [6.07, 6.45) is 3.46. The molecule has 0 spiro atoms. The van der Waals surface area contributed by atoms with E-state index < -0.39 is 0 Å². The van der Waals surface area contributed by atoms with Gasteiger partial charge in [-0.15, -0.1) is 0 Å². The summed E-state index contributed by atoms with van der Waals surface area (Å²) in [5.41, 5.74) is 6.63. The summed E-state index contributed by atoms with van der Waals surface area (Å²) in [6.45, 7) is 5.68. The first-order chi connectivity index (χ1) is 8.40. The molecule has 0 aromatic carbocycles. The Hall–Kier alpha value is -1.17. The Morgan fingerprint density at radius 1 is 1.41 bits per heavy atom. The van der Waals surface area contributed by atoms with E-state index in [0.29, 0.717) is 13.2 Å². The summed E-state index contributed by atoms with van der Waals surface area (Å²) < 4.78 is 11.0. The van der Waals surface area contributed by atoms with Gasteiger partial charge in [0.1, 0.15) is 12.4 Å². The largest absolute Gasteiger partial charge is 0.490 e. The third-order valence-corrected chi connectivity index (χ3v) is 2.86. The lowest BCUT2D eigenvalue weighted by Gasteiger charge is -2.26. The summed E-state index contributed by atoms with van der Waals surface area (Å²) in [5, 5.41) is 0. The van der Waals surface area contributed by atoms with Gasteiger partial charge in [-0.1, -0.05) is 0 Å². The molecule has 0 bridgehead atoms. The molecule has 1 aliphatic rings. The molecule has 0 atom stereocenters. The second-order valence-corrected chi connectivity index (χ2v) is 3.99. The number of nitrogens with two attached hydrogens (primary N) is 1. The van der Waals surface area contributed by atoms with Crippen LogP contribution in [0, 0.1) is 0 Å². The Kier molecular flexibility index (Phi) is 4.73. The maximum Gasteiger partial charge on any atom is 0.142 e. The van der Waals surface area contributed by atoms with Gasteiger partial charge in [0.25, 0.3) is 0 Å². The first kappa shape index (κ1) is 12.3. The van der Waals surface area contributed by atoms with Crippen molar-refractivity contribution in [3.05, 3.63) is 24.0 Å². The Morgan fingerprint density at radius 2 is 2.24 bits per heavy atom. The van der Waals surface area contributed by atoms with Crippen LogP contribution >= 0.6 is 0 Å². The van der Waals surface area contributed by atoms with E-state index in [1.165, 1.54) is 0 Å². The lowest BCUT2D eigenvalue weighted by atomic mass is 10.2. The molecule has 1 aromatic rings. The number of hydrogen-bond acceptors (Lipinski definition) is 5. The average Bonchev–Trinajstić information content (AvgIpc) is 2.40. The molecule has 2 heterocycles. The zero-order valence-electron chi connectivity index (χ0n) is 9.97. The van der Waals surface area contributed by atoms with Crippen LogP contribution < -0.4 is 10.5 Å². The van der Waals surface area contributed by atoms with E-state index in [1.807, 2.05) is 6.07 Å². The predicted octanol–water partition coefficient (Wildman–Crippen LogP) is 0.251. The number of nitrogens with zero attached hydrogens (tertiary/aromatic N) is 2. The van der Waals surface area contributed by atoms with Crippen molar-refractivity contribution in [2.24, 2.45) is 5.73 Å². The van der Waals surface area contributed by atoms with Gasteiger partial charge >= 0.3 is 0 Å². The van der Waals surface area contributed by atoms with Gasteiger partial charge in [-0.3, -0.25) is 9.88 Å². The van der Waals surface area contributed by atoms with E-state index in [0.717, 1.165) is 44.2 Å². The fourth-order valence-electron chi connectivity index (χ4n) is 1.82. The minimum atomic E-state index is 0.482. The quantitative estimate of drug-likeness (QED) is 0.795. The van der Waals surface area contributed by atoms with Crippen LogP contribution in [0.25, 0.3) is 0 Å². The summed E-state index contributed by atoms with van der Waals surface area (Å²) in [5.74, 6) is 0.795. The molecule has 94 valence electrons. The van der Waals surface area contributed by atoms with Crippen LogP contribution in [-0.4, -0.2) is 49.3 Å². The summed E-state index contributed by atoms with van der Waals surface area (Å²) >= 11 is 0. The maximum absolute atomic E-state index is 5.71. The molecule has 1 saturated heterocycles. The van der Waals surface area contributed by atoms with Gasteiger partial charge in [-0.25, -0.2) is 0 Å². The molecule has 0 amide bonds. The third-order valence-electron chi connectivity index (χ3n) is 2.86. The van der Waals surface area contributed by atoms with Crippen LogP contribution in [0.2, 0.25) is 0 Å². The molecular formula is C12H19N3O2. The fourth-order valence-corrected chi connectivity index (χ4v) is 1.82. The fraction of sp³-hybridized carbons (Fsp3) is 0.583. The van der Waals surface area contributed by atoms with Crippen molar-refractivity contribution < 1.29 is 9.47 Å². The monoisotopic (exact) mass is 237 g/mol. The summed E-state index contributed by atoms with van der Waals surface area (Å²) in [6, 6.07) is 1.89. The van der Waals surface area contributed by atoms with Crippen molar-refractivity contribution in [1.82, 2.24) is 9.88 Å². The molecule has 1 aliphatic heterocycles. The molecule has 2 N–H and O–H groups in total. The number of pyridine rings is 1. The average molecular weight is 237 g/mol. The summed E-state index contributed by atoms with van der Waals surface area (Å²) in [4.78, 5) is 6.38. The van der Waals surface area contributed by atoms with E-state index in [1.54, 1.807) is 12.4 Å². The van der Waals surface area contributed by atoms with Crippen molar-refractivity contribution >= 4 is 0 Å². The van der Waals surface area contributed by atoms with Gasteiger partial charge in [0.15, 0.2) is 0 Å². The Bertz CT molecular complexity index is 340. The van der Waals surface area contributed by atoms with Gasteiger partial charge in [0, 0.05) is 37.9 Å². The van der Waals surface area contributed by atoms with Gasteiger partial charge in [-0.05, 0) is 6.07 Å². The highest BCUT2D eigenvalue weighted by Crippen LogP contribution is 2.15. The molecule has 0 saturated carbocycles. The molecule has 17 heavy (non-hydrogen) atoms. The van der Waals surface area contributed by atoms with Crippen LogP contribution in [-0.2, 0) is 11.3 Å². The first-order valence-electron chi connectivity index (χ1n) is 5.96. The first-order valence-corrected chi connectivity index (χ1v) is 5.96. The van der Waals surface area contributed by atoms with Crippen molar-refractivity contribution in [3.63, 3.8) is 0 Å². The highest BCUT2D eigenvalue weighted by molar-refractivity contribution is 5.29. The highest BCUT2D eigenvalue weighted by Gasteiger charge is 2.10. The van der Waals surface area contributed by atoms with Crippen molar-refractivity contribution in [1.29, 1.82) is 0 Å². The van der Waals surface area contributed by atoms with E-state index >= 15 is 0 Å². The van der Waals surface area contributed by atoms with Crippen molar-refractivity contribution in [2.75, 3.05) is 39.5 Å². The molecule has 0 aliphatic carbocycles. The van der Waals surface area contributed by atoms with E-state index in [4.69, 9.17) is 15.2 Å². The zero-order valence-corrected chi connectivity index (χ0v) is 9.97. The van der Waals surface area contributed by atoms with Crippen LogP contribution in [0.4, 0.5) is 0 Å². The molecule has 1 aromatic heterocycles. The minimum absolute atomic E-state index is 0.482. The number of rotatable bonds is 5. The van der Waals surface area contributed by atoms with Crippen LogP contribution in [0.15, 0.2) is 18.5 Å². The molecule has 2 rings (SSSR count). The van der Waals surface area contributed by atoms with Crippen molar-refractivity contribution in [2.45, 2.75) is 6.54 Å². The lowest BCUT2D eigenvalue weighted by Crippen LogP contribution is -2.38. The van der Waals surface area contributed by atoms with Crippen LogP contribution in [0.3, 0.4) is 0 Å². The normalized spacial score (nSPS) is 17.0. The maximum atomic E-state index is 5.71. The number of aromatic nitrogens is 1. The molecule has 5 nitrogen and oxygen atoms in total. The van der Waals surface area contributed by atoms with E-state index in [-0.39, 0.29) is 0 Å². The second kappa shape index (κ2) is 6.54. The molecule has 0 radical (unpaired) electrons. The Balaban J connectivity index is 1.77. The number of ether oxygens (including phenoxy) is 2. The van der Waals surface area contributed by atoms with Gasteiger partial charge in [0.05, 0.1) is 19.4 Å². The second-order valence-electron chi connectivity index (χ2n) is 3.99. The standard InChI is InChI=1S/C12H19N3O2/c13-9-11-1-2-14-10-12(11)17-8-5-15-3-6-16-7-4-15/h1-2,10H,3-9,13H2. The minimum Gasteiger partial charge on any atom is -0.490 e. The van der Waals surface area contributed by atoms with Crippen LogP contribution in [0.5, 0.6) is 5.75 Å². The van der Waals surface area contributed by atoms with Gasteiger partial charge in [-0.2, -0.15) is 0 Å². The summed E-state index contributed by atoms with van der Waals surface area (Å²) in [7, 11) is 0. The Labute approximate surface area is 102 Å². The molecule has 1 fully saturated rings. The third kappa shape index (κ3) is 3.66. The smallest absolute Gasteiger partial charge is 0.142 e. The number of hydrogen-bond donors (Lipinski definition) is 1. The molecular weight excluding hydrogens is 218 g/mol. The van der Waals surface area contributed by atoms with Gasteiger partial charge in [0.2, 0.25) is 0 Å². The van der Waals surface area contributed by atoms with E-state index in [9.17, 15) is 0 Å². The zero-order chi connectivity index (χ0) is 11.9. The van der Waals surface area contributed by atoms with Gasteiger partial charge < -0.3 is 15.2 Å². The lowest BCUT2D eigenvalue weighted by molar-refractivity contribution is 0.0322. The number of morpholine rings is 1. The van der Waals surface area contributed by atoms with E-state index in [2.05, 4.69) is 9.88 Å². The Morgan fingerprint density at radius 3 is 3.00 bits per heavy atom. The van der Waals surface area contributed by atoms with Crippen molar-refractivity contribution in [3.8, 4) is 5.75 Å².